The monoisotopic (exact) mass is 265 g/mol. The van der Waals surface area contributed by atoms with Gasteiger partial charge >= 0.3 is 0 Å². The number of rotatable bonds is 3. The molecular formula is C13H13ClFN3. The van der Waals surface area contributed by atoms with Gasteiger partial charge in [-0.2, -0.15) is 0 Å². The Morgan fingerprint density at radius 3 is 2.89 bits per heavy atom. The van der Waals surface area contributed by atoms with Gasteiger partial charge in [0.25, 0.3) is 0 Å². The Morgan fingerprint density at radius 2 is 2.22 bits per heavy atom. The van der Waals surface area contributed by atoms with Crippen molar-refractivity contribution >= 4 is 17.5 Å². The molecular weight excluding hydrogens is 253 g/mol. The van der Waals surface area contributed by atoms with Crippen LogP contribution in [-0.2, 0) is 0 Å². The molecule has 0 saturated heterocycles. The van der Waals surface area contributed by atoms with E-state index in [1.165, 1.54) is 18.9 Å². The lowest BCUT2D eigenvalue weighted by Crippen LogP contribution is -2.07. The molecule has 3 nitrogen and oxygen atoms in total. The van der Waals surface area contributed by atoms with Gasteiger partial charge in [-0.05, 0) is 38.0 Å². The van der Waals surface area contributed by atoms with Gasteiger partial charge < -0.3 is 5.32 Å². The largest absolute Gasteiger partial charge is 0.353 e. The van der Waals surface area contributed by atoms with Crippen LogP contribution in [0, 0.1) is 12.7 Å². The van der Waals surface area contributed by atoms with Crippen molar-refractivity contribution in [3.63, 3.8) is 0 Å². The molecule has 1 aromatic carbocycles. The predicted octanol–water partition coefficient (Wildman–Crippen LogP) is 3.55. The number of halogens is 2. The maximum absolute atomic E-state index is 13.2. The van der Waals surface area contributed by atoms with E-state index in [1.807, 2.05) is 17.7 Å². The van der Waals surface area contributed by atoms with E-state index in [0.29, 0.717) is 6.04 Å². The Labute approximate surface area is 110 Å². The standard InChI is InChI=1S/C13H13ClFN3/c1-8-7-18(13(16-8)17-9-2-3-9)10-4-5-12(15)11(14)6-10/h4-7,9H,2-3H2,1H3,(H,16,17). The summed E-state index contributed by atoms with van der Waals surface area (Å²) in [7, 11) is 0. The molecule has 1 heterocycles. The lowest BCUT2D eigenvalue weighted by atomic mass is 10.3. The maximum atomic E-state index is 13.2. The SMILES string of the molecule is Cc1cn(-c2ccc(F)c(Cl)c2)c(NC2CC2)n1. The molecule has 2 aromatic rings. The highest BCUT2D eigenvalue weighted by Crippen LogP contribution is 2.27. The lowest BCUT2D eigenvalue weighted by molar-refractivity contribution is 0.628. The molecule has 5 heteroatoms. The van der Waals surface area contributed by atoms with Crippen LogP contribution in [0.15, 0.2) is 24.4 Å². The number of anilines is 1. The zero-order chi connectivity index (χ0) is 12.7. The van der Waals surface area contributed by atoms with Crippen LogP contribution in [0.25, 0.3) is 5.69 Å². The quantitative estimate of drug-likeness (QED) is 0.920. The molecule has 1 saturated carbocycles. The summed E-state index contributed by atoms with van der Waals surface area (Å²) in [6.45, 7) is 1.93. The van der Waals surface area contributed by atoms with Gasteiger partial charge in [0, 0.05) is 12.2 Å². The Kier molecular flexibility index (Phi) is 2.74. The number of imidazole rings is 1. The van der Waals surface area contributed by atoms with E-state index in [-0.39, 0.29) is 5.02 Å². The first kappa shape index (κ1) is 11.5. The van der Waals surface area contributed by atoms with Gasteiger partial charge in [0.15, 0.2) is 0 Å². The van der Waals surface area contributed by atoms with Crippen LogP contribution in [0.2, 0.25) is 5.02 Å². The number of nitrogens with one attached hydrogen (secondary N) is 1. The van der Waals surface area contributed by atoms with E-state index in [4.69, 9.17) is 11.6 Å². The summed E-state index contributed by atoms with van der Waals surface area (Å²) in [5.41, 5.74) is 1.73. The third kappa shape index (κ3) is 2.20. The molecule has 94 valence electrons. The van der Waals surface area contributed by atoms with Crippen molar-refractivity contribution in [3.05, 3.63) is 40.9 Å². The molecule has 1 aliphatic carbocycles. The van der Waals surface area contributed by atoms with Gasteiger partial charge in [0.1, 0.15) is 5.82 Å². The minimum absolute atomic E-state index is 0.122. The van der Waals surface area contributed by atoms with Crippen molar-refractivity contribution in [1.29, 1.82) is 0 Å². The zero-order valence-corrected chi connectivity index (χ0v) is 10.7. The van der Waals surface area contributed by atoms with Gasteiger partial charge in [0.2, 0.25) is 5.95 Å². The van der Waals surface area contributed by atoms with Gasteiger partial charge in [0.05, 0.1) is 16.4 Å². The second-order valence-corrected chi connectivity index (χ2v) is 5.00. The predicted molar refractivity (Wildman–Crippen MR) is 69.9 cm³/mol. The van der Waals surface area contributed by atoms with Crippen molar-refractivity contribution in [3.8, 4) is 5.69 Å². The van der Waals surface area contributed by atoms with Crippen LogP contribution in [0.4, 0.5) is 10.3 Å². The molecule has 0 aliphatic heterocycles. The number of hydrogen-bond acceptors (Lipinski definition) is 2. The first-order chi connectivity index (χ1) is 8.63. The van der Waals surface area contributed by atoms with Crippen molar-refractivity contribution < 1.29 is 4.39 Å². The Morgan fingerprint density at radius 1 is 1.44 bits per heavy atom. The number of nitrogens with zero attached hydrogens (tertiary/aromatic N) is 2. The summed E-state index contributed by atoms with van der Waals surface area (Å²) in [5.74, 6) is 0.381. The third-order valence-corrected chi connectivity index (χ3v) is 3.21. The van der Waals surface area contributed by atoms with E-state index in [2.05, 4.69) is 10.3 Å². The molecule has 0 spiro atoms. The molecule has 1 N–H and O–H groups in total. The minimum atomic E-state index is -0.408. The first-order valence-corrected chi connectivity index (χ1v) is 6.29. The summed E-state index contributed by atoms with van der Waals surface area (Å²) in [6.07, 6.45) is 4.26. The van der Waals surface area contributed by atoms with Crippen LogP contribution >= 0.6 is 11.6 Å². The Hall–Kier alpha value is -1.55. The molecule has 0 bridgehead atoms. The van der Waals surface area contributed by atoms with E-state index in [9.17, 15) is 4.39 Å². The molecule has 0 radical (unpaired) electrons. The number of aromatic nitrogens is 2. The molecule has 0 atom stereocenters. The van der Waals surface area contributed by atoms with E-state index in [1.54, 1.807) is 12.1 Å². The van der Waals surface area contributed by atoms with Gasteiger partial charge in [-0.15, -0.1) is 0 Å². The number of aryl methyl sites for hydroxylation is 1. The van der Waals surface area contributed by atoms with Crippen LogP contribution in [0.3, 0.4) is 0 Å². The van der Waals surface area contributed by atoms with Gasteiger partial charge in [-0.1, -0.05) is 11.6 Å². The van der Waals surface area contributed by atoms with Crippen molar-refractivity contribution in [2.45, 2.75) is 25.8 Å². The highest BCUT2D eigenvalue weighted by Gasteiger charge is 2.23. The first-order valence-electron chi connectivity index (χ1n) is 5.91. The summed E-state index contributed by atoms with van der Waals surface area (Å²) >= 11 is 5.81. The van der Waals surface area contributed by atoms with Gasteiger partial charge in [-0.3, -0.25) is 4.57 Å². The molecule has 3 rings (SSSR count). The summed E-state index contributed by atoms with van der Waals surface area (Å²) in [6, 6.07) is 5.19. The van der Waals surface area contributed by atoms with Crippen LogP contribution in [-0.4, -0.2) is 15.6 Å². The van der Waals surface area contributed by atoms with Crippen LogP contribution < -0.4 is 5.32 Å². The van der Waals surface area contributed by atoms with Gasteiger partial charge in [-0.25, -0.2) is 9.37 Å². The fraction of sp³-hybridized carbons (Fsp3) is 0.308. The molecule has 1 aromatic heterocycles. The highest BCUT2D eigenvalue weighted by atomic mass is 35.5. The van der Waals surface area contributed by atoms with Crippen molar-refractivity contribution in [1.82, 2.24) is 9.55 Å². The minimum Gasteiger partial charge on any atom is -0.353 e. The highest BCUT2D eigenvalue weighted by molar-refractivity contribution is 6.30. The summed E-state index contributed by atoms with van der Waals surface area (Å²) < 4.78 is 15.1. The average molecular weight is 266 g/mol. The topological polar surface area (TPSA) is 29.9 Å². The van der Waals surface area contributed by atoms with Crippen LogP contribution in [0.5, 0.6) is 0 Å². The maximum Gasteiger partial charge on any atom is 0.207 e. The normalized spacial score (nSPS) is 14.8. The van der Waals surface area contributed by atoms with Crippen LogP contribution in [0.1, 0.15) is 18.5 Å². The average Bonchev–Trinajstić information content (AvgIpc) is 3.06. The molecule has 1 aliphatic rings. The summed E-state index contributed by atoms with van der Waals surface area (Å²) in [5, 5.41) is 3.47. The Balaban J connectivity index is 2.00. The number of benzene rings is 1. The Bertz CT molecular complexity index is 590. The van der Waals surface area contributed by atoms with E-state index < -0.39 is 5.82 Å². The molecule has 0 unspecified atom stereocenters. The summed E-state index contributed by atoms with van der Waals surface area (Å²) in [4.78, 5) is 4.43. The second-order valence-electron chi connectivity index (χ2n) is 4.59. The molecule has 18 heavy (non-hydrogen) atoms. The second kappa shape index (κ2) is 4.28. The van der Waals surface area contributed by atoms with Crippen molar-refractivity contribution in [2.24, 2.45) is 0 Å². The number of hydrogen-bond donors (Lipinski definition) is 1. The van der Waals surface area contributed by atoms with E-state index in [0.717, 1.165) is 17.3 Å². The van der Waals surface area contributed by atoms with Crippen molar-refractivity contribution in [2.75, 3.05) is 5.32 Å². The smallest absolute Gasteiger partial charge is 0.207 e. The third-order valence-electron chi connectivity index (χ3n) is 2.92. The fourth-order valence-electron chi connectivity index (χ4n) is 1.84. The zero-order valence-electron chi connectivity index (χ0n) is 9.95. The van der Waals surface area contributed by atoms with E-state index >= 15 is 0 Å². The fourth-order valence-corrected chi connectivity index (χ4v) is 2.02. The molecule has 0 amide bonds. The lowest BCUT2D eigenvalue weighted by Gasteiger charge is -2.09. The molecule has 1 fully saturated rings.